The molecule has 1 aromatic carbocycles. The predicted molar refractivity (Wildman–Crippen MR) is 99.3 cm³/mol. The van der Waals surface area contributed by atoms with Crippen molar-refractivity contribution in [2.45, 2.75) is 58.5 Å². The molecule has 1 rings (SSSR count). The lowest BCUT2D eigenvalue weighted by molar-refractivity contribution is -0.251. The number of benzene rings is 1. The summed E-state index contributed by atoms with van der Waals surface area (Å²) < 4.78 is 5.05. The lowest BCUT2D eigenvalue weighted by Crippen LogP contribution is -2.70. The van der Waals surface area contributed by atoms with Crippen molar-refractivity contribution >= 4 is 17.9 Å². The van der Waals surface area contributed by atoms with Crippen molar-refractivity contribution in [3.63, 3.8) is 0 Å². The number of rotatable bonds is 8. The molecule has 2 atom stereocenters. The Morgan fingerprint density at radius 1 is 1.11 bits per heavy atom. The summed E-state index contributed by atoms with van der Waals surface area (Å²) in [5.74, 6) is -4.40. The zero-order valence-electron chi connectivity index (χ0n) is 16.7. The molecule has 4 N–H and O–H groups in total. The van der Waals surface area contributed by atoms with Crippen LogP contribution in [0.3, 0.4) is 0 Å². The summed E-state index contributed by atoms with van der Waals surface area (Å²) in [5, 5.41) is 20.8. The van der Waals surface area contributed by atoms with E-state index in [1.165, 1.54) is 0 Å². The summed E-state index contributed by atoms with van der Waals surface area (Å²) >= 11 is 0. The quantitative estimate of drug-likeness (QED) is 0.334. The number of aliphatic hydroxyl groups is 1. The van der Waals surface area contributed by atoms with Crippen LogP contribution in [0, 0.1) is 5.92 Å². The van der Waals surface area contributed by atoms with Crippen LogP contribution in [0.5, 0.6) is 0 Å². The number of hydrogen-bond donors (Lipinski definition) is 3. The second-order valence-corrected chi connectivity index (χ2v) is 7.65. The Hall–Kier alpha value is -2.49. The molecule has 0 radical (unpaired) electrons. The summed E-state index contributed by atoms with van der Waals surface area (Å²) in [6.45, 7) is 7.48. The first-order chi connectivity index (χ1) is 12.8. The average molecular weight is 396 g/mol. The highest BCUT2D eigenvalue weighted by atomic mass is 16.7. The van der Waals surface area contributed by atoms with Crippen LogP contribution in [0.15, 0.2) is 30.3 Å². The van der Waals surface area contributed by atoms with Crippen LogP contribution in [0.4, 0.5) is 0 Å². The van der Waals surface area contributed by atoms with Gasteiger partial charge in [0.1, 0.15) is 5.60 Å². The standard InChI is InChI=1S/C19H28N2O7/c1-12(2)15(23)28-21(11-13-9-7-6-8-10-13)19(20,17(25)26)14(22)16(24)27-18(3,4)5/h6-10,12,14,22H,11,20H2,1-5H3,(H,25,26)/t14?,19-/m0/s1. The maximum absolute atomic E-state index is 12.3. The SMILES string of the molecule is CC(C)C(=O)ON(Cc1ccccc1)[C@](N)(C(=O)O)C(O)C(=O)OC(C)(C)C. The number of hydrogen-bond acceptors (Lipinski definition) is 8. The highest BCUT2D eigenvalue weighted by molar-refractivity contribution is 5.88. The molecule has 9 heteroatoms. The van der Waals surface area contributed by atoms with Crippen molar-refractivity contribution in [1.29, 1.82) is 0 Å². The number of nitrogens with two attached hydrogens (primary N) is 1. The number of ether oxygens (including phenoxy) is 1. The van der Waals surface area contributed by atoms with Gasteiger partial charge in [0.25, 0.3) is 0 Å². The molecule has 9 nitrogen and oxygen atoms in total. The van der Waals surface area contributed by atoms with Gasteiger partial charge in [-0.1, -0.05) is 44.2 Å². The van der Waals surface area contributed by atoms with Crippen LogP contribution in [0.2, 0.25) is 0 Å². The van der Waals surface area contributed by atoms with Crippen molar-refractivity contribution in [2.24, 2.45) is 11.7 Å². The van der Waals surface area contributed by atoms with E-state index in [0.717, 1.165) is 0 Å². The Labute approximate surface area is 164 Å². The minimum atomic E-state index is -2.78. The van der Waals surface area contributed by atoms with Gasteiger partial charge in [0.05, 0.1) is 12.5 Å². The molecule has 1 aromatic rings. The number of aliphatic hydroxyl groups excluding tert-OH is 1. The number of carboxylic acid groups (broad SMARTS) is 1. The van der Waals surface area contributed by atoms with Crippen LogP contribution in [-0.2, 0) is 30.5 Å². The number of carboxylic acids is 1. The molecule has 28 heavy (non-hydrogen) atoms. The fourth-order valence-electron chi connectivity index (χ4n) is 2.10. The first kappa shape index (κ1) is 23.5. The molecule has 0 saturated heterocycles. The Morgan fingerprint density at radius 2 is 1.64 bits per heavy atom. The minimum absolute atomic E-state index is 0.276. The van der Waals surface area contributed by atoms with Gasteiger partial charge in [-0.05, 0) is 26.3 Å². The van der Waals surface area contributed by atoms with Gasteiger partial charge in [-0.2, -0.15) is 0 Å². The van der Waals surface area contributed by atoms with Gasteiger partial charge in [-0.15, -0.1) is 5.06 Å². The molecule has 0 amide bonds. The van der Waals surface area contributed by atoms with Crippen molar-refractivity contribution in [1.82, 2.24) is 5.06 Å². The third kappa shape index (κ3) is 6.01. The highest BCUT2D eigenvalue weighted by Gasteiger charge is 2.54. The van der Waals surface area contributed by atoms with Gasteiger partial charge in [0.15, 0.2) is 6.10 Å². The smallest absolute Gasteiger partial charge is 0.345 e. The Kier molecular flexibility index (Phi) is 7.68. The van der Waals surface area contributed by atoms with E-state index in [9.17, 15) is 24.6 Å². The van der Waals surface area contributed by atoms with Gasteiger partial charge in [0.2, 0.25) is 5.66 Å². The summed E-state index contributed by atoms with van der Waals surface area (Å²) in [6, 6.07) is 8.44. The van der Waals surface area contributed by atoms with Gasteiger partial charge < -0.3 is 19.8 Å². The fourth-order valence-corrected chi connectivity index (χ4v) is 2.10. The van der Waals surface area contributed by atoms with E-state index in [1.54, 1.807) is 65.0 Å². The maximum atomic E-state index is 12.3. The number of aliphatic carboxylic acids is 1. The van der Waals surface area contributed by atoms with E-state index in [0.29, 0.717) is 10.6 Å². The Balaban J connectivity index is 3.33. The van der Waals surface area contributed by atoms with Gasteiger partial charge in [-0.3, -0.25) is 10.5 Å². The Bertz CT molecular complexity index is 700. The average Bonchev–Trinajstić information content (AvgIpc) is 2.58. The lowest BCUT2D eigenvalue weighted by atomic mass is 10.0. The maximum Gasteiger partial charge on any atom is 0.345 e. The molecule has 0 aromatic heterocycles. The molecule has 0 heterocycles. The molecule has 0 fully saturated rings. The number of carbonyl (C=O) groups excluding carboxylic acids is 2. The van der Waals surface area contributed by atoms with E-state index in [4.69, 9.17) is 15.3 Å². The van der Waals surface area contributed by atoms with E-state index in [2.05, 4.69) is 0 Å². The third-order valence-corrected chi connectivity index (χ3v) is 3.64. The zero-order valence-corrected chi connectivity index (χ0v) is 16.7. The van der Waals surface area contributed by atoms with Crippen molar-refractivity contribution in [2.75, 3.05) is 0 Å². The third-order valence-electron chi connectivity index (χ3n) is 3.64. The Morgan fingerprint density at radius 3 is 2.07 bits per heavy atom. The van der Waals surface area contributed by atoms with Gasteiger partial charge >= 0.3 is 17.9 Å². The first-order valence-electron chi connectivity index (χ1n) is 8.75. The molecule has 0 aliphatic heterocycles. The van der Waals surface area contributed by atoms with Gasteiger partial charge in [0, 0.05) is 0 Å². The number of carbonyl (C=O) groups is 3. The fraction of sp³-hybridized carbons (Fsp3) is 0.526. The van der Waals surface area contributed by atoms with Crippen LogP contribution in [0.25, 0.3) is 0 Å². The summed E-state index contributed by atoms with van der Waals surface area (Å²) in [7, 11) is 0. The van der Waals surface area contributed by atoms with Crippen LogP contribution >= 0.6 is 0 Å². The molecule has 0 spiro atoms. The van der Waals surface area contributed by atoms with E-state index in [-0.39, 0.29) is 6.54 Å². The molecule has 156 valence electrons. The largest absolute Gasteiger partial charge is 0.479 e. The lowest BCUT2D eigenvalue weighted by Gasteiger charge is -2.38. The summed E-state index contributed by atoms with van der Waals surface area (Å²) in [4.78, 5) is 41.6. The predicted octanol–water partition coefficient (Wildman–Crippen LogP) is 1.04. The number of hydroxylamine groups is 2. The normalized spacial score (nSPS) is 15.0. The zero-order chi connectivity index (χ0) is 21.7. The van der Waals surface area contributed by atoms with Crippen LogP contribution in [-0.4, -0.2) is 50.6 Å². The minimum Gasteiger partial charge on any atom is -0.479 e. The second kappa shape index (κ2) is 9.13. The molecule has 1 unspecified atom stereocenters. The molecule has 0 saturated carbocycles. The molecule has 0 aliphatic carbocycles. The molecule has 0 bridgehead atoms. The first-order valence-corrected chi connectivity index (χ1v) is 8.75. The number of nitrogens with zero attached hydrogens (tertiary/aromatic N) is 1. The highest BCUT2D eigenvalue weighted by Crippen LogP contribution is 2.23. The van der Waals surface area contributed by atoms with Crippen LogP contribution in [0.1, 0.15) is 40.2 Å². The summed E-state index contributed by atoms with van der Waals surface area (Å²) in [6.07, 6.45) is -2.33. The van der Waals surface area contributed by atoms with E-state index < -0.39 is 41.2 Å². The topological polar surface area (TPSA) is 139 Å². The monoisotopic (exact) mass is 396 g/mol. The van der Waals surface area contributed by atoms with Crippen molar-refractivity contribution < 1.29 is 34.2 Å². The molecular weight excluding hydrogens is 368 g/mol. The number of esters is 1. The van der Waals surface area contributed by atoms with Gasteiger partial charge in [-0.25, -0.2) is 9.59 Å². The van der Waals surface area contributed by atoms with E-state index >= 15 is 0 Å². The second-order valence-electron chi connectivity index (χ2n) is 7.65. The molecular formula is C19H28N2O7. The molecule has 0 aliphatic rings. The van der Waals surface area contributed by atoms with Crippen LogP contribution < -0.4 is 5.73 Å². The van der Waals surface area contributed by atoms with E-state index in [1.807, 2.05) is 0 Å². The summed E-state index contributed by atoms with van der Waals surface area (Å²) in [5.41, 5.74) is 2.73. The van der Waals surface area contributed by atoms with Crippen molar-refractivity contribution in [3.8, 4) is 0 Å². The van der Waals surface area contributed by atoms with Crippen molar-refractivity contribution in [3.05, 3.63) is 35.9 Å².